The molecule has 2 heterocycles. The van der Waals surface area contributed by atoms with Crippen molar-refractivity contribution in [2.24, 2.45) is 0 Å². The van der Waals surface area contributed by atoms with Gasteiger partial charge in [-0.25, -0.2) is 0 Å². The smallest absolute Gasteiger partial charge is 0.267 e. The molecule has 4 rings (SSSR count). The van der Waals surface area contributed by atoms with Crippen LogP contribution in [0.3, 0.4) is 0 Å². The minimum atomic E-state index is -0.346. The molecule has 3 aromatic rings. The molecule has 0 saturated heterocycles. The lowest BCUT2D eigenvalue weighted by atomic mass is 10.1. The summed E-state index contributed by atoms with van der Waals surface area (Å²) in [5, 5.41) is 5.67. The SMILES string of the molecule is Cc1ccc(C(=O)N/C(=C\c2ccco2)C(=O)NCCCN2c3ccccc3C[C@@H]2C)cc1. The van der Waals surface area contributed by atoms with Crippen molar-refractivity contribution in [1.82, 2.24) is 10.6 Å². The standard InChI is InChI=1S/C27H29N3O3/c1-19-10-12-21(13-11-19)26(31)29-24(18-23-8-5-16-33-23)27(32)28-14-6-15-30-20(2)17-22-7-3-4-9-25(22)30/h3-5,7-13,16,18,20H,6,14-15,17H2,1-2H3,(H,28,32)(H,29,31)/b24-18-/t20-/m0/s1. The number of aryl methyl sites for hydroxylation is 1. The first-order valence-corrected chi connectivity index (χ1v) is 11.3. The molecule has 1 aliphatic heterocycles. The van der Waals surface area contributed by atoms with Gasteiger partial charge in [-0.15, -0.1) is 0 Å². The summed E-state index contributed by atoms with van der Waals surface area (Å²) in [5.41, 5.74) is 4.35. The highest BCUT2D eigenvalue weighted by atomic mass is 16.3. The summed E-state index contributed by atoms with van der Waals surface area (Å²) in [6.07, 6.45) is 4.91. The van der Waals surface area contributed by atoms with Crippen molar-refractivity contribution in [3.63, 3.8) is 0 Å². The van der Waals surface area contributed by atoms with Gasteiger partial charge in [0.05, 0.1) is 6.26 Å². The molecule has 0 unspecified atom stereocenters. The normalized spacial score (nSPS) is 15.3. The van der Waals surface area contributed by atoms with Crippen LogP contribution in [0.15, 0.2) is 77.0 Å². The Kier molecular flexibility index (Phi) is 6.93. The number of fused-ring (bicyclic) bond motifs is 1. The van der Waals surface area contributed by atoms with E-state index in [2.05, 4.69) is 46.7 Å². The van der Waals surface area contributed by atoms with E-state index in [-0.39, 0.29) is 17.5 Å². The molecule has 170 valence electrons. The number of furan rings is 1. The van der Waals surface area contributed by atoms with Crippen LogP contribution < -0.4 is 15.5 Å². The number of hydrogen-bond acceptors (Lipinski definition) is 4. The van der Waals surface area contributed by atoms with Crippen LogP contribution >= 0.6 is 0 Å². The fraction of sp³-hybridized carbons (Fsp3) is 0.259. The zero-order valence-electron chi connectivity index (χ0n) is 19.0. The molecule has 0 bridgehead atoms. The van der Waals surface area contributed by atoms with Crippen LogP contribution in [-0.2, 0) is 11.2 Å². The monoisotopic (exact) mass is 443 g/mol. The number of hydrogen-bond donors (Lipinski definition) is 2. The number of benzene rings is 2. The molecule has 0 saturated carbocycles. The van der Waals surface area contributed by atoms with Gasteiger partial charge in [-0.2, -0.15) is 0 Å². The highest BCUT2D eigenvalue weighted by Gasteiger charge is 2.24. The van der Waals surface area contributed by atoms with Crippen LogP contribution in [0.1, 0.15) is 40.6 Å². The van der Waals surface area contributed by atoms with E-state index in [1.54, 1.807) is 30.3 Å². The van der Waals surface area contributed by atoms with Gasteiger partial charge < -0.3 is 20.0 Å². The summed E-state index contributed by atoms with van der Waals surface area (Å²) in [4.78, 5) is 28.0. The van der Waals surface area contributed by atoms with Crippen molar-refractivity contribution < 1.29 is 14.0 Å². The van der Waals surface area contributed by atoms with Gasteiger partial charge in [-0.1, -0.05) is 35.9 Å². The Bertz CT molecular complexity index is 1130. The van der Waals surface area contributed by atoms with Crippen molar-refractivity contribution in [2.75, 3.05) is 18.0 Å². The zero-order chi connectivity index (χ0) is 23.2. The highest BCUT2D eigenvalue weighted by Crippen LogP contribution is 2.31. The summed E-state index contributed by atoms with van der Waals surface area (Å²) in [7, 11) is 0. The lowest BCUT2D eigenvalue weighted by molar-refractivity contribution is -0.117. The fourth-order valence-corrected chi connectivity index (χ4v) is 4.09. The maximum atomic E-state index is 12.9. The molecule has 0 radical (unpaired) electrons. The van der Waals surface area contributed by atoms with Gasteiger partial charge in [0.2, 0.25) is 0 Å². The molecular formula is C27H29N3O3. The lowest BCUT2D eigenvalue weighted by Crippen LogP contribution is -2.37. The fourth-order valence-electron chi connectivity index (χ4n) is 4.09. The van der Waals surface area contributed by atoms with Gasteiger partial charge in [-0.3, -0.25) is 9.59 Å². The molecule has 0 aliphatic carbocycles. The lowest BCUT2D eigenvalue weighted by Gasteiger charge is -2.25. The molecule has 6 nitrogen and oxygen atoms in total. The van der Waals surface area contributed by atoms with E-state index in [0.717, 1.165) is 24.9 Å². The highest BCUT2D eigenvalue weighted by molar-refractivity contribution is 6.05. The topological polar surface area (TPSA) is 74.6 Å². The number of para-hydroxylation sites is 1. The van der Waals surface area contributed by atoms with Crippen LogP contribution in [0.4, 0.5) is 5.69 Å². The Hall–Kier alpha value is -3.80. The van der Waals surface area contributed by atoms with E-state index >= 15 is 0 Å². The molecular weight excluding hydrogens is 414 g/mol. The van der Waals surface area contributed by atoms with E-state index in [1.165, 1.54) is 17.5 Å². The van der Waals surface area contributed by atoms with Crippen molar-refractivity contribution >= 4 is 23.6 Å². The van der Waals surface area contributed by atoms with Gasteiger partial charge in [0.25, 0.3) is 11.8 Å². The molecule has 2 aromatic carbocycles. The third-order valence-electron chi connectivity index (χ3n) is 5.85. The van der Waals surface area contributed by atoms with E-state index in [1.807, 2.05) is 19.1 Å². The predicted molar refractivity (Wildman–Crippen MR) is 130 cm³/mol. The van der Waals surface area contributed by atoms with Crippen molar-refractivity contribution in [3.8, 4) is 0 Å². The minimum Gasteiger partial charge on any atom is -0.465 e. The second-order valence-electron chi connectivity index (χ2n) is 8.38. The van der Waals surface area contributed by atoms with Gasteiger partial charge in [0.1, 0.15) is 11.5 Å². The second-order valence-corrected chi connectivity index (χ2v) is 8.38. The summed E-state index contributed by atoms with van der Waals surface area (Å²) < 4.78 is 5.34. The average Bonchev–Trinajstić information content (AvgIpc) is 3.43. The third-order valence-corrected chi connectivity index (χ3v) is 5.85. The van der Waals surface area contributed by atoms with Crippen LogP contribution in [-0.4, -0.2) is 30.9 Å². The molecule has 1 aliphatic rings. The largest absolute Gasteiger partial charge is 0.465 e. The zero-order valence-corrected chi connectivity index (χ0v) is 19.0. The van der Waals surface area contributed by atoms with E-state index < -0.39 is 0 Å². The van der Waals surface area contributed by atoms with Gasteiger partial charge in [0, 0.05) is 36.5 Å². The third kappa shape index (κ3) is 5.52. The summed E-state index contributed by atoms with van der Waals surface area (Å²) in [6.45, 7) is 5.54. The Morgan fingerprint density at radius 3 is 2.64 bits per heavy atom. The van der Waals surface area contributed by atoms with Gasteiger partial charge in [-0.05, 0) is 62.6 Å². The van der Waals surface area contributed by atoms with E-state index in [0.29, 0.717) is 23.9 Å². The first-order valence-electron chi connectivity index (χ1n) is 11.3. The Labute approximate surface area is 194 Å². The van der Waals surface area contributed by atoms with Crippen LogP contribution in [0, 0.1) is 6.92 Å². The Morgan fingerprint density at radius 1 is 1.09 bits per heavy atom. The summed E-state index contributed by atoms with van der Waals surface area (Å²) in [6, 6.07) is 19.6. The Balaban J connectivity index is 1.36. The first-order chi connectivity index (χ1) is 16.0. The maximum Gasteiger partial charge on any atom is 0.267 e. The van der Waals surface area contributed by atoms with Crippen molar-refractivity contribution in [2.45, 2.75) is 32.7 Å². The predicted octanol–water partition coefficient (Wildman–Crippen LogP) is 4.32. The molecule has 2 amide bonds. The molecule has 0 fully saturated rings. The number of nitrogens with one attached hydrogen (secondary N) is 2. The van der Waals surface area contributed by atoms with Crippen LogP contribution in [0.2, 0.25) is 0 Å². The van der Waals surface area contributed by atoms with Gasteiger partial charge in [0.15, 0.2) is 0 Å². The second kappa shape index (κ2) is 10.2. The van der Waals surface area contributed by atoms with Crippen molar-refractivity contribution in [3.05, 3.63) is 95.1 Å². The molecule has 33 heavy (non-hydrogen) atoms. The number of nitrogens with zero attached hydrogens (tertiary/aromatic N) is 1. The van der Waals surface area contributed by atoms with Crippen LogP contribution in [0.25, 0.3) is 6.08 Å². The van der Waals surface area contributed by atoms with E-state index in [4.69, 9.17) is 4.42 Å². The first kappa shape index (κ1) is 22.4. The summed E-state index contributed by atoms with van der Waals surface area (Å²) >= 11 is 0. The minimum absolute atomic E-state index is 0.149. The molecule has 2 N–H and O–H groups in total. The number of anilines is 1. The Morgan fingerprint density at radius 2 is 1.88 bits per heavy atom. The quantitative estimate of drug-likeness (QED) is 0.402. The maximum absolute atomic E-state index is 12.9. The molecule has 1 atom stereocenters. The number of carbonyl (C=O) groups excluding carboxylic acids is 2. The number of carbonyl (C=O) groups is 2. The van der Waals surface area contributed by atoms with Gasteiger partial charge >= 0.3 is 0 Å². The average molecular weight is 444 g/mol. The van der Waals surface area contributed by atoms with Crippen molar-refractivity contribution in [1.29, 1.82) is 0 Å². The number of rotatable bonds is 8. The van der Waals surface area contributed by atoms with E-state index in [9.17, 15) is 9.59 Å². The molecule has 0 spiro atoms. The molecule has 6 heteroatoms. The summed E-state index contributed by atoms with van der Waals surface area (Å²) in [5.74, 6) is -0.195. The number of amides is 2. The molecule has 1 aromatic heterocycles. The van der Waals surface area contributed by atoms with Crippen LogP contribution in [0.5, 0.6) is 0 Å².